The number of hydrogen-bond acceptors (Lipinski definition) is 4. The average Bonchev–Trinajstić information content (AvgIpc) is 1.79. The summed E-state index contributed by atoms with van der Waals surface area (Å²) in [4.78, 5) is 19.5. The average molecular weight is 206 g/mol. The van der Waals surface area contributed by atoms with Crippen LogP contribution in [-0.4, -0.2) is 34.2 Å². The van der Waals surface area contributed by atoms with E-state index in [1.165, 1.54) is 0 Å². The molecule has 0 saturated heterocycles. The van der Waals surface area contributed by atoms with E-state index in [4.69, 9.17) is 21.7 Å². The molecule has 0 unspecified atom stereocenters. The molecule has 0 aromatic heterocycles. The Morgan fingerprint density at radius 2 is 1.21 bits per heavy atom. The first-order valence-corrected chi connectivity index (χ1v) is 4.20. The normalized spacial score (nSPS) is 13.4. The molecule has 0 aromatic carbocycles. The molecule has 0 aromatic rings. The minimum absolute atomic E-state index is 0.0556. The van der Waals surface area contributed by atoms with Gasteiger partial charge >= 0.3 is 11.9 Å². The Morgan fingerprint density at radius 1 is 1.00 bits per heavy atom. The van der Waals surface area contributed by atoms with Crippen LogP contribution >= 0.6 is 0 Å². The molecule has 0 bridgehead atoms. The van der Waals surface area contributed by atoms with E-state index in [0.29, 0.717) is 0 Å². The van der Waals surface area contributed by atoms with Crippen LogP contribution < -0.4 is 11.5 Å². The minimum Gasteiger partial charge on any atom is -0.481 e. The fourth-order valence-corrected chi connectivity index (χ4v) is 0.551. The Balaban J connectivity index is 0. The van der Waals surface area contributed by atoms with Crippen LogP contribution in [0.2, 0.25) is 0 Å². The van der Waals surface area contributed by atoms with E-state index in [1.807, 2.05) is 0 Å². The lowest BCUT2D eigenvalue weighted by molar-refractivity contribution is -0.138. The fourth-order valence-electron chi connectivity index (χ4n) is 0.551. The summed E-state index contributed by atoms with van der Waals surface area (Å²) in [7, 11) is 0. The van der Waals surface area contributed by atoms with Crippen molar-refractivity contribution in [1.82, 2.24) is 0 Å². The van der Waals surface area contributed by atoms with Gasteiger partial charge in [0.15, 0.2) is 0 Å². The number of nitrogens with two attached hydrogens (primary N) is 2. The number of hydrogen-bond donors (Lipinski definition) is 4. The lowest BCUT2D eigenvalue weighted by atomic mass is 10.3. The third-order valence-electron chi connectivity index (χ3n) is 0.993. The summed E-state index contributed by atoms with van der Waals surface area (Å²) in [6.45, 7) is 3.32. The molecule has 0 heterocycles. The molecule has 84 valence electrons. The van der Waals surface area contributed by atoms with Crippen molar-refractivity contribution in [2.24, 2.45) is 11.5 Å². The summed E-state index contributed by atoms with van der Waals surface area (Å²) in [6, 6.07) is -0.449. The Bertz CT molecular complexity index is 160. The molecule has 0 radical (unpaired) electrons. The van der Waals surface area contributed by atoms with Gasteiger partial charge in [0.05, 0.1) is 12.8 Å². The highest BCUT2D eigenvalue weighted by atomic mass is 16.4. The zero-order chi connectivity index (χ0) is 11.7. The van der Waals surface area contributed by atoms with Gasteiger partial charge in [-0.3, -0.25) is 9.59 Å². The Kier molecular flexibility index (Phi) is 9.27. The maximum absolute atomic E-state index is 9.73. The summed E-state index contributed by atoms with van der Waals surface area (Å²) in [5, 5.41) is 16.0. The van der Waals surface area contributed by atoms with Gasteiger partial charge in [-0.15, -0.1) is 0 Å². The molecule has 2 atom stereocenters. The van der Waals surface area contributed by atoms with E-state index in [1.54, 1.807) is 13.8 Å². The van der Waals surface area contributed by atoms with Crippen LogP contribution in [0.25, 0.3) is 0 Å². The molecule has 0 aliphatic rings. The van der Waals surface area contributed by atoms with Crippen LogP contribution in [0.15, 0.2) is 0 Å². The van der Waals surface area contributed by atoms with E-state index in [0.717, 1.165) is 0 Å². The minimum atomic E-state index is -0.838. The van der Waals surface area contributed by atoms with Crippen molar-refractivity contribution in [3.8, 4) is 0 Å². The molecule has 0 aliphatic carbocycles. The zero-order valence-electron chi connectivity index (χ0n) is 8.43. The van der Waals surface area contributed by atoms with Crippen molar-refractivity contribution in [3.05, 3.63) is 0 Å². The summed E-state index contributed by atoms with van der Waals surface area (Å²) in [5.41, 5.74) is 10.2. The molecule has 0 spiro atoms. The molecule has 0 aliphatic heterocycles. The molecular weight excluding hydrogens is 188 g/mol. The predicted molar refractivity (Wildman–Crippen MR) is 51.8 cm³/mol. The van der Waals surface area contributed by atoms with Crippen molar-refractivity contribution in [2.45, 2.75) is 38.8 Å². The van der Waals surface area contributed by atoms with Gasteiger partial charge in [0.25, 0.3) is 0 Å². The molecule has 0 amide bonds. The summed E-state index contributed by atoms with van der Waals surface area (Å²) < 4.78 is 0. The number of carboxylic acid groups (broad SMARTS) is 2. The van der Waals surface area contributed by atoms with Gasteiger partial charge < -0.3 is 21.7 Å². The molecule has 6 heteroatoms. The van der Waals surface area contributed by atoms with E-state index in [-0.39, 0.29) is 24.9 Å². The topological polar surface area (TPSA) is 127 Å². The highest BCUT2D eigenvalue weighted by molar-refractivity contribution is 5.67. The molecule has 6 nitrogen and oxygen atoms in total. The first kappa shape index (κ1) is 15.3. The number of carboxylic acids is 2. The number of aliphatic carboxylic acids is 2. The molecule has 0 rings (SSSR count). The maximum atomic E-state index is 9.73. The second kappa shape index (κ2) is 8.46. The lowest BCUT2D eigenvalue weighted by Gasteiger charge is -1.95. The molecular formula is C8H18N2O4. The Labute approximate surface area is 82.9 Å². The lowest BCUT2D eigenvalue weighted by Crippen LogP contribution is -2.18. The van der Waals surface area contributed by atoms with E-state index in [9.17, 15) is 9.59 Å². The Hall–Kier alpha value is -1.14. The van der Waals surface area contributed by atoms with E-state index in [2.05, 4.69) is 0 Å². The highest BCUT2D eigenvalue weighted by Crippen LogP contribution is 1.82. The molecule has 0 fully saturated rings. The molecule has 14 heavy (non-hydrogen) atoms. The van der Waals surface area contributed by atoms with Crippen LogP contribution in [0.3, 0.4) is 0 Å². The summed E-state index contributed by atoms with van der Waals surface area (Å²) in [6.07, 6.45) is 0.111. The van der Waals surface area contributed by atoms with Crippen molar-refractivity contribution >= 4 is 11.9 Å². The van der Waals surface area contributed by atoms with Crippen LogP contribution in [0, 0.1) is 0 Å². The summed E-state index contributed by atoms with van der Waals surface area (Å²) >= 11 is 0. The smallest absolute Gasteiger partial charge is 0.304 e. The summed E-state index contributed by atoms with van der Waals surface area (Å²) in [5.74, 6) is -1.68. The maximum Gasteiger partial charge on any atom is 0.304 e. The van der Waals surface area contributed by atoms with Gasteiger partial charge in [0.2, 0.25) is 0 Å². The van der Waals surface area contributed by atoms with E-state index >= 15 is 0 Å². The predicted octanol–water partition coefficient (Wildman–Crippen LogP) is -0.383. The SMILES string of the molecule is C[C@@H](N)CC(=O)O.C[C@@H](N)CC(=O)O. The van der Waals surface area contributed by atoms with Gasteiger partial charge in [-0.1, -0.05) is 0 Å². The second-order valence-electron chi connectivity index (χ2n) is 3.15. The quantitative estimate of drug-likeness (QED) is 0.496. The zero-order valence-corrected chi connectivity index (χ0v) is 8.43. The standard InChI is InChI=1S/2C4H9NO2/c2*1-3(5)2-4(6)7/h2*3H,2,5H2,1H3,(H,6,7)/t2*3-/m11/s1. The number of rotatable bonds is 4. The van der Waals surface area contributed by atoms with Gasteiger partial charge in [0.1, 0.15) is 0 Å². The Morgan fingerprint density at radius 3 is 1.21 bits per heavy atom. The van der Waals surface area contributed by atoms with Gasteiger partial charge in [-0.25, -0.2) is 0 Å². The van der Waals surface area contributed by atoms with Crippen LogP contribution in [0.5, 0.6) is 0 Å². The monoisotopic (exact) mass is 206 g/mol. The first-order valence-electron chi connectivity index (χ1n) is 4.20. The van der Waals surface area contributed by atoms with Crippen LogP contribution in [-0.2, 0) is 9.59 Å². The third-order valence-corrected chi connectivity index (χ3v) is 0.993. The van der Waals surface area contributed by atoms with Crippen LogP contribution in [0.1, 0.15) is 26.7 Å². The van der Waals surface area contributed by atoms with Crippen molar-refractivity contribution in [3.63, 3.8) is 0 Å². The van der Waals surface area contributed by atoms with Gasteiger partial charge in [-0.05, 0) is 13.8 Å². The third kappa shape index (κ3) is 22.4. The van der Waals surface area contributed by atoms with Crippen molar-refractivity contribution in [1.29, 1.82) is 0 Å². The first-order chi connectivity index (χ1) is 6.25. The van der Waals surface area contributed by atoms with Crippen molar-refractivity contribution < 1.29 is 19.8 Å². The van der Waals surface area contributed by atoms with Gasteiger partial charge in [0, 0.05) is 12.1 Å². The van der Waals surface area contributed by atoms with Crippen molar-refractivity contribution in [2.75, 3.05) is 0 Å². The highest BCUT2D eigenvalue weighted by Gasteiger charge is 1.99. The fraction of sp³-hybridized carbons (Fsp3) is 0.750. The second-order valence-corrected chi connectivity index (χ2v) is 3.15. The molecule has 6 N–H and O–H groups in total. The van der Waals surface area contributed by atoms with Gasteiger partial charge in [-0.2, -0.15) is 0 Å². The largest absolute Gasteiger partial charge is 0.481 e. The molecule has 0 saturated carbocycles. The number of carbonyl (C=O) groups is 2. The van der Waals surface area contributed by atoms with Crippen LogP contribution in [0.4, 0.5) is 0 Å². The van der Waals surface area contributed by atoms with E-state index < -0.39 is 11.9 Å².